The number of methoxy groups -OCH3 is 2. The van der Waals surface area contributed by atoms with Gasteiger partial charge in [-0.2, -0.15) is 0 Å². The molecule has 1 aliphatic rings. The molecule has 0 radical (unpaired) electrons. The molecular formula is C16H34InNO2. The van der Waals surface area contributed by atoms with E-state index in [0.717, 1.165) is 22.6 Å². The molecule has 1 aliphatic heterocycles. The molecule has 0 saturated carbocycles. The molecule has 1 fully saturated rings. The van der Waals surface area contributed by atoms with E-state index >= 15 is 0 Å². The fraction of sp³-hybridized carbons (Fsp3) is 1.00. The molecule has 4 unspecified atom stereocenters. The Morgan fingerprint density at radius 2 is 1.75 bits per heavy atom. The predicted molar refractivity (Wildman–Crippen MR) is 88.3 cm³/mol. The summed E-state index contributed by atoms with van der Waals surface area (Å²) in [6.07, 6.45) is 9.54. The molecule has 0 aromatic carbocycles. The molecule has 20 heavy (non-hydrogen) atoms. The third-order valence-electron chi connectivity index (χ3n) is 4.98. The van der Waals surface area contributed by atoms with E-state index in [-0.39, 0.29) is 12.2 Å². The van der Waals surface area contributed by atoms with Gasteiger partial charge in [-0.15, -0.1) is 0 Å². The van der Waals surface area contributed by atoms with Crippen LogP contribution in [0.3, 0.4) is 0 Å². The summed E-state index contributed by atoms with van der Waals surface area (Å²) in [5.74, 6) is 0. The second kappa shape index (κ2) is 10.5. The van der Waals surface area contributed by atoms with Crippen molar-refractivity contribution < 1.29 is 9.47 Å². The number of piperidine rings is 1. The molecule has 0 N–H and O–H groups in total. The predicted octanol–water partition coefficient (Wildman–Crippen LogP) is 2.50. The molecule has 118 valence electrons. The molecule has 0 spiro atoms. The molecular weight excluding hydrogens is 353 g/mol. The first kappa shape index (κ1) is 18.8. The van der Waals surface area contributed by atoms with Crippen LogP contribution in [0.1, 0.15) is 51.9 Å². The van der Waals surface area contributed by atoms with Crippen molar-refractivity contribution >= 4 is 24.4 Å². The van der Waals surface area contributed by atoms with E-state index in [1.165, 1.54) is 38.6 Å². The van der Waals surface area contributed by atoms with Crippen LogP contribution in [-0.2, 0) is 9.47 Å². The third-order valence-corrected chi connectivity index (χ3v) is 8.83. The summed E-state index contributed by atoms with van der Waals surface area (Å²) in [6.45, 7) is 3.51. The molecule has 3 nitrogen and oxygen atoms in total. The number of rotatable bonds is 9. The average Bonchev–Trinajstić information content (AvgIpc) is 2.46. The standard InChI is InChI=1S/C16H32NO2.In.2H/c1-5-9-15(18-3)16(19-4)12-8-11-14-10-6-7-13-17(14)2;;;/h11,14-16H,5-10,12-13H2,1-4H3;;;. The van der Waals surface area contributed by atoms with E-state index in [1.807, 2.05) is 14.2 Å². The maximum atomic E-state index is 5.71. The molecule has 1 rings (SSSR count). The van der Waals surface area contributed by atoms with Crippen LogP contribution in [0, 0.1) is 0 Å². The second-order valence-corrected chi connectivity index (χ2v) is 10.7. The molecule has 0 aromatic heterocycles. The van der Waals surface area contributed by atoms with E-state index in [9.17, 15) is 0 Å². The van der Waals surface area contributed by atoms with E-state index in [2.05, 4.69) is 18.9 Å². The SMILES string of the molecule is CCCC(OC)C(CC[CH]([InH2])C1CCCCN1C)OC. The van der Waals surface area contributed by atoms with Crippen LogP contribution in [0.2, 0.25) is 3.67 Å². The first-order valence-electron chi connectivity index (χ1n) is 8.39. The van der Waals surface area contributed by atoms with Gasteiger partial charge < -0.3 is 0 Å². The average molecular weight is 387 g/mol. The maximum absolute atomic E-state index is 5.71. The third kappa shape index (κ3) is 5.86. The normalized spacial score (nSPS) is 25.3. The Kier molecular flexibility index (Phi) is 9.84. The fourth-order valence-electron chi connectivity index (χ4n) is 3.63. The summed E-state index contributed by atoms with van der Waals surface area (Å²) in [7, 11) is 5.98. The van der Waals surface area contributed by atoms with Crippen LogP contribution >= 0.6 is 0 Å². The van der Waals surface area contributed by atoms with Crippen molar-refractivity contribution in [2.75, 3.05) is 27.8 Å². The van der Waals surface area contributed by atoms with Gasteiger partial charge in [0, 0.05) is 0 Å². The summed E-state index contributed by atoms with van der Waals surface area (Å²) in [5.41, 5.74) is 0. The number of nitrogens with zero attached hydrogens (tertiary/aromatic N) is 1. The summed E-state index contributed by atoms with van der Waals surface area (Å²) in [4.78, 5) is 2.60. The van der Waals surface area contributed by atoms with Crippen molar-refractivity contribution in [2.24, 2.45) is 0 Å². The van der Waals surface area contributed by atoms with Crippen molar-refractivity contribution in [3.63, 3.8) is 0 Å². The quantitative estimate of drug-likeness (QED) is 0.607. The Labute approximate surface area is 140 Å². The van der Waals surface area contributed by atoms with Gasteiger partial charge in [0.1, 0.15) is 0 Å². The van der Waals surface area contributed by atoms with E-state index < -0.39 is 0 Å². The van der Waals surface area contributed by atoms with Crippen molar-refractivity contribution in [2.45, 2.75) is 73.8 Å². The zero-order chi connectivity index (χ0) is 15.0. The van der Waals surface area contributed by atoms with Crippen molar-refractivity contribution in [3.8, 4) is 0 Å². The summed E-state index contributed by atoms with van der Waals surface area (Å²) in [5, 5.41) is 0. The minimum atomic E-state index is 0.275. The Bertz CT molecular complexity index is 253. The summed E-state index contributed by atoms with van der Waals surface area (Å²) >= 11 is 0.717. The van der Waals surface area contributed by atoms with Gasteiger partial charge in [0.2, 0.25) is 0 Å². The number of hydrogen-bond donors (Lipinski definition) is 0. The van der Waals surface area contributed by atoms with Crippen molar-refractivity contribution in [3.05, 3.63) is 0 Å². The van der Waals surface area contributed by atoms with E-state index in [1.54, 1.807) is 0 Å². The molecule has 0 aliphatic carbocycles. The van der Waals surface area contributed by atoms with Gasteiger partial charge in [0.05, 0.1) is 0 Å². The number of hydrogen-bond acceptors (Lipinski definition) is 3. The van der Waals surface area contributed by atoms with Crippen LogP contribution in [0.15, 0.2) is 0 Å². The Morgan fingerprint density at radius 1 is 1.10 bits per heavy atom. The first-order chi connectivity index (χ1) is 9.63. The molecule has 4 atom stereocenters. The van der Waals surface area contributed by atoms with E-state index in [4.69, 9.17) is 9.47 Å². The summed E-state index contributed by atoms with van der Waals surface area (Å²) in [6, 6.07) is 0.851. The van der Waals surface area contributed by atoms with E-state index in [0.29, 0.717) is 24.4 Å². The van der Waals surface area contributed by atoms with Crippen molar-refractivity contribution in [1.82, 2.24) is 4.90 Å². The Balaban J connectivity index is 2.42. The second-order valence-electron chi connectivity index (χ2n) is 6.44. The van der Waals surface area contributed by atoms with Gasteiger partial charge >= 0.3 is 140 Å². The molecule has 1 saturated heterocycles. The number of ether oxygens (including phenoxy) is 2. The van der Waals surface area contributed by atoms with Gasteiger partial charge in [-0.25, -0.2) is 0 Å². The molecule has 0 bridgehead atoms. The zero-order valence-electron chi connectivity index (χ0n) is 14.2. The monoisotopic (exact) mass is 387 g/mol. The van der Waals surface area contributed by atoms with Crippen LogP contribution in [0.4, 0.5) is 0 Å². The van der Waals surface area contributed by atoms with Crippen LogP contribution in [0.25, 0.3) is 0 Å². The molecule has 1 heterocycles. The van der Waals surface area contributed by atoms with Gasteiger partial charge in [0.25, 0.3) is 0 Å². The van der Waals surface area contributed by atoms with Gasteiger partial charge in [-0.3, -0.25) is 0 Å². The van der Waals surface area contributed by atoms with Gasteiger partial charge in [-0.05, 0) is 0 Å². The van der Waals surface area contributed by atoms with Crippen LogP contribution in [-0.4, -0.2) is 75.3 Å². The fourth-order valence-corrected chi connectivity index (χ4v) is 6.99. The van der Waals surface area contributed by atoms with Crippen LogP contribution < -0.4 is 0 Å². The first-order valence-corrected chi connectivity index (χ1v) is 11.7. The minimum absolute atomic E-state index is 0.275. The molecule has 0 aromatic rings. The van der Waals surface area contributed by atoms with Crippen LogP contribution in [0.5, 0.6) is 0 Å². The van der Waals surface area contributed by atoms with Crippen molar-refractivity contribution in [1.29, 1.82) is 0 Å². The topological polar surface area (TPSA) is 21.7 Å². The molecule has 4 heteroatoms. The Hall–Kier alpha value is 0.750. The zero-order valence-corrected chi connectivity index (χ0v) is 19.9. The molecule has 0 amide bonds. The summed E-state index contributed by atoms with van der Waals surface area (Å²) < 4.78 is 12.3. The van der Waals surface area contributed by atoms with Gasteiger partial charge in [0.15, 0.2) is 0 Å². The number of likely N-dealkylation sites (tertiary alicyclic amines) is 1. The Morgan fingerprint density at radius 3 is 2.30 bits per heavy atom. The van der Waals surface area contributed by atoms with Gasteiger partial charge in [-0.1, -0.05) is 0 Å².